The van der Waals surface area contributed by atoms with E-state index in [1.165, 1.54) is 4.40 Å². The molecule has 4 aromatic heterocycles. The molecule has 6 atom stereocenters. The largest absolute Gasteiger partial charge is 0.434 e. The van der Waals surface area contributed by atoms with Gasteiger partial charge in [0.1, 0.15) is 11.2 Å². The third kappa shape index (κ3) is 5.69. The van der Waals surface area contributed by atoms with E-state index in [2.05, 4.69) is 36.8 Å². The van der Waals surface area contributed by atoms with Crippen LogP contribution in [0.5, 0.6) is 0 Å². The lowest BCUT2D eigenvalue weighted by Crippen LogP contribution is -2.45. The summed E-state index contributed by atoms with van der Waals surface area (Å²) in [6.45, 7) is 3.88. The van der Waals surface area contributed by atoms with Gasteiger partial charge in [0.05, 0.1) is 39.8 Å². The van der Waals surface area contributed by atoms with Crippen molar-refractivity contribution in [3.05, 3.63) is 93.4 Å². The summed E-state index contributed by atoms with van der Waals surface area (Å²) in [5.41, 5.74) is 4.11. The number of nitrogens with one attached hydrogen (secondary N) is 1. The number of aromatic nitrogens is 4. The predicted octanol–water partition coefficient (Wildman–Crippen LogP) is 9.45. The van der Waals surface area contributed by atoms with Crippen molar-refractivity contribution < 1.29 is 22.4 Å². The van der Waals surface area contributed by atoms with E-state index in [0.717, 1.165) is 60.7 Å². The minimum absolute atomic E-state index is 0.00550. The van der Waals surface area contributed by atoms with E-state index in [-0.39, 0.29) is 76.5 Å². The molecule has 6 fully saturated rings. The highest BCUT2D eigenvalue weighted by Gasteiger charge is 2.55. The van der Waals surface area contributed by atoms with Gasteiger partial charge in [0, 0.05) is 101 Å². The second-order valence-electron chi connectivity index (χ2n) is 17.1. The van der Waals surface area contributed by atoms with Crippen molar-refractivity contribution >= 4 is 62.2 Å². The zero-order valence-corrected chi connectivity index (χ0v) is 33.4. The van der Waals surface area contributed by atoms with Gasteiger partial charge in [-0.25, -0.2) is 14.4 Å². The monoisotopic (exact) mass is 840 g/mol. The van der Waals surface area contributed by atoms with Gasteiger partial charge in [-0.3, -0.25) is 4.79 Å². The molecule has 15 heteroatoms. The van der Waals surface area contributed by atoms with Crippen LogP contribution in [0.25, 0.3) is 38.6 Å². The Hall–Kier alpha value is -4.90. The van der Waals surface area contributed by atoms with Gasteiger partial charge in [0.15, 0.2) is 11.5 Å². The van der Waals surface area contributed by atoms with Gasteiger partial charge in [-0.1, -0.05) is 35.3 Å². The van der Waals surface area contributed by atoms with Crippen molar-refractivity contribution in [1.82, 2.24) is 29.2 Å². The Morgan fingerprint density at radius 3 is 2.61 bits per heavy atom. The average molecular weight is 842 g/mol. The first-order chi connectivity index (χ1) is 28.4. The molecule has 0 unspecified atom stereocenters. The Kier molecular flexibility index (Phi) is 8.37. The smallest absolute Gasteiger partial charge is 0.369 e. The summed E-state index contributed by atoms with van der Waals surface area (Å²) in [6.07, 6.45) is 2.00. The number of pyridine rings is 2. The van der Waals surface area contributed by atoms with Crippen LogP contribution in [0.4, 0.5) is 23.2 Å². The average Bonchev–Trinajstić information content (AvgIpc) is 3.55. The minimum Gasteiger partial charge on any atom is -0.369 e. The summed E-state index contributed by atoms with van der Waals surface area (Å²) in [7, 11) is 0. The number of halogens is 6. The minimum atomic E-state index is -4.56. The Balaban J connectivity index is 1.10. The number of fused-ring (bicyclic) bond motifs is 7. The molecule has 0 spiro atoms. The second-order valence-corrected chi connectivity index (χ2v) is 17.9. The highest BCUT2D eigenvalue weighted by molar-refractivity contribution is 6.43. The molecule has 8 heterocycles. The molecule has 1 amide bonds. The third-order valence-electron chi connectivity index (χ3n) is 13.6. The fourth-order valence-corrected chi connectivity index (χ4v) is 11.2. The first kappa shape index (κ1) is 37.1. The molecule has 6 aliphatic rings. The predicted molar refractivity (Wildman–Crippen MR) is 217 cm³/mol. The number of nitrogens with zero attached hydrogens (tertiary/aromatic N) is 7. The van der Waals surface area contributed by atoms with Crippen LogP contribution >= 0.6 is 23.2 Å². The first-order valence-electron chi connectivity index (χ1n) is 20.2. The molecule has 4 bridgehead atoms. The number of hydrogen-bond donors (Lipinski definition) is 1. The Labute approximate surface area is 346 Å². The van der Waals surface area contributed by atoms with Crippen LogP contribution < -0.4 is 10.2 Å². The molecular weight excluding hydrogens is 803 g/mol. The van der Waals surface area contributed by atoms with Crippen molar-refractivity contribution in [2.24, 2.45) is 17.8 Å². The Morgan fingerprint density at radius 2 is 1.88 bits per heavy atom. The van der Waals surface area contributed by atoms with Crippen LogP contribution in [0.2, 0.25) is 10.0 Å². The number of amides is 1. The van der Waals surface area contributed by atoms with Gasteiger partial charge in [-0.05, 0) is 74.8 Å². The summed E-state index contributed by atoms with van der Waals surface area (Å²) in [5, 5.41) is 15.4. The van der Waals surface area contributed by atoms with Gasteiger partial charge in [0.2, 0.25) is 5.91 Å². The summed E-state index contributed by atoms with van der Waals surface area (Å²) >= 11 is 13.2. The molecule has 12 rings (SSSR count). The van der Waals surface area contributed by atoms with Crippen molar-refractivity contribution in [1.29, 1.82) is 5.26 Å². The summed E-state index contributed by atoms with van der Waals surface area (Å²) in [5.74, 6) is -0.0706. The highest BCUT2D eigenvalue weighted by Crippen LogP contribution is 2.54. The lowest BCUT2D eigenvalue weighted by molar-refractivity contribution is -0.140. The van der Waals surface area contributed by atoms with E-state index < -0.39 is 17.7 Å². The number of aryl methyl sites for hydroxylation is 2. The number of hydrogen-bond acceptors (Lipinski definition) is 6. The number of carbonyl (C=O) groups is 1. The fourth-order valence-electron chi connectivity index (χ4n) is 10.8. The standard InChI is InChI=1S/C44H38Cl2F4N8O/c1-21-29-16-33(41-25-12-27(57(41)43(59)22-7-8-22)19-56(18-25)26-9-11-55-20-34(44(48,49)50)54-35(55)15-26)58(40-24-14-32(40)52-17-24)42(29)30-13-23(4-3-10-51)36(38(47)39(30)53-21)28-5-2-6-31(45)37(28)46/h2,5-6,9,11,13,15-16,20,22,24-25,27,32,40-41,52H,3-4,7-8,12,14,17-19H2,1H3/t24-,25+,27-,32-,40+,41-/m1/s1. The maximum atomic E-state index is 17.4. The second kappa shape index (κ2) is 13.3. The molecule has 6 aromatic rings. The van der Waals surface area contributed by atoms with Gasteiger partial charge < -0.3 is 24.1 Å². The van der Waals surface area contributed by atoms with Crippen LogP contribution in [0.15, 0.2) is 54.9 Å². The molecule has 1 N–H and O–H groups in total. The maximum Gasteiger partial charge on any atom is 0.434 e. The van der Waals surface area contributed by atoms with Gasteiger partial charge in [-0.2, -0.15) is 18.4 Å². The molecule has 2 saturated carbocycles. The number of benzene rings is 2. The van der Waals surface area contributed by atoms with Gasteiger partial charge in [-0.15, -0.1) is 0 Å². The highest BCUT2D eigenvalue weighted by atomic mass is 35.5. The number of likely N-dealkylation sites (tertiary alicyclic amines) is 1. The number of nitriles is 1. The molecule has 2 aliphatic carbocycles. The van der Waals surface area contributed by atoms with Crippen molar-refractivity contribution in [3.63, 3.8) is 0 Å². The number of alkyl halides is 3. The number of rotatable bonds is 7. The lowest BCUT2D eigenvalue weighted by atomic mass is 9.79. The van der Waals surface area contributed by atoms with Crippen LogP contribution in [0, 0.1) is 41.8 Å². The molecule has 59 heavy (non-hydrogen) atoms. The van der Waals surface area contributed by atoms with Crippen LogP contribution in [0.3, 0.4) is 0 Å². The van der Waals surface area contributed by atoms with E-state index >= 15 is 4.39 Å². The summed E-state index contributed by atoms with van der Waals surface area (Å²) < 4.78 is 61.9. The van der Waals surface area contributed by atoms with Crippen molar-refractivity contribution in [2.45, 2.75) is 75.8 Å². The molecule has 4 saturated heterocycles. The van der Waals surface area contributed by atoms with Crippen LogP contribution in [0.1, 0.15) is 66.8 Å². The van der Waals surface area contributed by atoms with E-state index in [1.807, 2.05) is 19.1 Å². The molecular formula is C44H38Cl2F4N8O. The van der Waals surface area contributed by atoms with Crippen molar-refractivity contribution in [3.8, 4) is 17.2 Å². The lowest BCUT2D eigenvalue weighted by Gasteiger charge is -2.40. The molecule has 9 nitrogen and oxygen atoms in total. The van der Waals surface area contributed by atoms with E-state index in [4.69, 9.17) is 28.2 Å². The summed E-state index contributed by atoms with van der Waals surface area (Å²) in [6, 6.07) is 14.9. The SMILES string of the molecule is Cc1nc2c(F)c(-c3cccc(Cl)c3Cl)c(CCC#N)cc2c2c1cc([C@H]1[C@H]3C[C@H](CN(c4ccn5cc(C(F)(F)F)nc5c4)C3)N1C(=O)C1CC1)n2[C@H]1[C@H]2CN[C@@H]1C2. The quantitative estimate of drug-likeness (QED) is 0.161. The maximum absolute atomic E-state index is 17.4. The van der Waals surface area contributed by atoms with Gasteiger partial charge in [0.25, 0.3) is 0 Å². The molecule has 2 aromatic carbocycles. The van der Waals surface area contributed by atoms with Gasteiger partial charge >= 0.3 is 6.18 Å². The van der Waals surface area contributed by atoms with Crippen molar-refractivity contribution in [2.75, 3.05) is 24.5 Å². The summed E-state index contributed by atoms with van der Waals surface area (Å²) in [4.78, 5) is 27.7. The first-order valence-corrected chi connectivity index (χ1v) is 21.0. The fraction of sp³-hybridized carbons (Fsp3) is 0.409. The molecule has 4 aliphatic heterocycles. The van der Waals surface area contributed by atoms with E-state index in [0.29, 0.717) is 46.2 Å². The van der Waals surface area contributed by atoms with Crippen LogP contribution in [-0.2, 0) is 17.4 Å². The number of imidazole rings is 1. The number of piperidine rings is 1. The number of anilines is 1. The Bertz CT molecular complexity index is 2790. The Morgan fingerprint density at radius 1 is 1.05 bits per heavy atom. The van der Waals surface area contributed by atoms with E-state index in [9.17, 15) is 23.2 Å². The van der Waals surface area contributed by atoms with Crippen LogP contribution in [-0.4, -0.2) is 61.5 Å². The third-order valence-corrected chi connectivity index (χ3v) is 14.4. The van der Waals surface area contributed by atoms with E-state index in [1.54, 1.807) is 30.5 Å². The molecule has 0 radical (unpaired) electrons. The number of carbonyl (C=O) groups excluding carboxylic acids is 1. The zero-order chi connectivity index (χ0) is 40.6. The normalized spacial score (nSPS) is 25.1. The topological polar surface area (TPSA) is 94.5 Å². The molecule has 302 valence electrons. The zero-order valence-electron chi connectivity index (χ0n) is 31.9.